The van der Waals surface area contributed by atoms with Crippen molar-refractivity contribution in [2.75, 3.05) is 6.54 Å². The smallest absolute Gasteiger partial charge is 0.188 e. The Bertz CT molecular complexity index is 458. The van der Waals surface area contributed by atoms with E-state index in [2.05, 4.69) is 15.2 Å². The van der Waals surface area contributed by atoms with Gasteiger partial charge in [0.15, 0.2) is 5.16 Å². The molecule has 2 rings (SSSR count). The summed E-state index contributed by atoms with van der Waals surface area (Å²) in [6, 6.07) is 5.91. The van der Waals surface area contributed by atoms with Crippen molar-refractivity contribution in [2.24, 2.45) is 5.73 Å². The first-order valence-electron chi connectivity index (χ1n) is 4.81. The van der Waals surface area contributed by atoms with E-state index in [-0.39, 0.29) is 0 Å². The maximum atomic E-state index is 6.13. The Morgan fingerprint density at radius 2 is 2.31 bits per heavy atom. The molecule has 0 unspecified atom stereocenters. The van der Waals surface area contributed by atoms with Crippen molar-refractivity contribution in [3.8, 4) is 0 Å². The summed E-state index contributed by atoms with van der Waals surface area (Å²) in [5.74, 6) is 0. The molecule has 0 saturated heterocycles. The lowest BCUT2D eigenvalue weighted by Crippen LogP contribution is -2.02. The molecule has 2 aromatic rings. The van der Waals surface area contributed by atoms with Gasteiger partial charge >= 0.3 is 0 Å². The van der Waals surface area contributed by atoms with Gasteiger partial charge in [0.1, 0.15) is 6.33 Å². The van der Waals surface area contributed by atoms with E-state index >= 15 is 0 Å². The quantitative estimate of drug-likeness (QED) is 0.877. The molecule has 3 N–H and O–H groups in total. The summed E-state index contributed by atoms with van der Waals surface area (Å²) in [6.07, 6.45) is 2.28. The average molecular weight is 255 g/mol. The highest BCUT2D eigenvalue weighted by molar-refractivity contribution is 7.99. The molecule has 0 amide bonds. The topological polar surface area (TPSA) is 67.6 Å². The van der Waals surface area contributed by atoms with Crippen LogP contribution in [0.5, 0.6) is 0 Å². The number of benzene rings is 1. The van der Waals surface area contributed by atoms with Gasteiger partial charge in [-0.15, -0.1) is 0 Å². The second kappa shape index (κ2) is 5.34. The number of nitrogens with zero attached hydrogens (tertiary/aromatic N) is 2. The first-order valence-corrected chi connectivity index (χ1v) is 6.01. The van der Waals surface area contributed by atoms with Gasteiger partial charge in [-0.1, -0.05) is 29.4 Å². The summed E-state index contributed by atoms with van der Waals surface area (Å²) >= 11 is 7.62. The minimum atomic E-state index is 0.605. The molecule has 0 bridgehead atoms. The van der Waals surface area contributed by atoms with Crippen LogP contribution in [0.2, 0.25) is 5.02 Å². The van der Waals surface area contributed by atoms with Gasteiger partial charge in [0.2, 0.25) is 0 Å². The predicted octanol–water partition coefficient (Wildman–Crippen LogP) is 2.11. The third-order valence-corrected chi connectivity index (χ3v) is 3.28. The van der Waals surface area contributed by atoms with Gasteiger partial charge in [-0.25, -0.2) is 4.98 Å². The molecule has 0 aliphatic rings. The van der Waals surface area contributed by atoms with Crippen LogP contribution in [0.1, 0.15) is 5.56 Å². The highest BCUT2D eigenvalue weighted by Crippen LogP contribution is 2.28. The van der Waals surface area contributed by atoms with Gasteiger partial charge in [-0.2, -0.15) is 5.10 Å². The molecule has 1 heterocycles. The van der Waals surface area contributed by atoms with Crippen LogP contribution in [0.4, 0.5) is 0 Å². The number of hydrogen-bond acceptors (Lipinski definition) is 4. The van der Waals surface area contributed by atoms with Crippen molar-refractivity contribution in [1.29, 1.82) is 0 Å². The second-order valence-electron chi connectivity index (χ2n) is 3.18. The standard InChI is InChI=1S/C10H11ClN4S/c11-9-5-8(2-1-7(9)3-4-12)16-10-13-6-14-15-10/h1-2,5-6H,3-4,12H2,(H,13,14,15). The van der Waals surface area contributed by atoms with E-state index in [1.165, 1.54) is 18.1 Å². The molecule has 4 nitrogen and oxygen atoms in total. The van der Waals surface area contributed by atoms with Crippen LogP contribution in [0.3, 0.4) is 0 Å². The zero-order valence-electron chi connectivity index (χ0n) is 8.48. The summed E-state index contributed by atoms with van der Waals surface area (Å²) in [4.78, 5) is 5.06. The van der Waals surface area contributed by atoms with Gasteiger partial charge in [0.25, 0.3) is 0 Å². The van der Waals surface area contributed by atoms with Crippen molar-refractivity contribution in [1.82, 2.24) is 15.2 Å². The van der Waals surface area contributed by atoms with Crippen molar-refractivity contribution in [3.63, 3.8) is 0 Å². The summed E-state index contributed by atoms with van der Waals surface area (Å²) < 4.78 is 0. The Labute approximate surface area is 103 Å². The summed E-state index contributed by atoms with van der Waals surface area (Å²) in [6.45, 7) is 0.605. The highest BCUT2D eigenvalue weighted by atomic mass is 35.5. The van der Waals surface area contributed by atoms with Gasteiger partial charge in [-0.05, 0) is 30.7 Å². The zero-order valence-corrected chi connectivity index (χ0v) is 10.1. The van der Waals surface area contributed by atoms with E-state index in [9.17, 15) is 0 Å². The van der Waals surface area contributed by atoms with E-state index < -0.39 is 0 Å². The molecule has 0 fully saturated rings. The Morgan fingerprint density at radius 1 is 1.44 bits per heavy atom. The molecule has 0 spiro atoms. The molecule has 84 valence electrons. The van der Waals surface area contributed by atoms with Crippen molar-refractivity contribution in [2.45, 2.75) is 16.5 Å². The fourth-order valence-corrected chi connectivity index (χ4v) is 2.38. The highest BCUT2D eigenvalue weighted by Gasteiger charge is 2.04. The van der Waals surface area contributed by atoms with E-state index in [4.69, 9.17) is 17.3 Å². The molecular formula is C10H11ClN4S. The summed E-state index contributed by atoms with van der Waals surface area (Å²) in [5, 5.41) is 8.06. The Kier molecular flexibility index (Phi) is 3.82. The SMILES string of the molecule is NCCc1ccc(Sc2ncn[nH]2)cc1Cl. The number of H-pyrrole nitrogens is 1. The molecule has 0 atom stereocenters. The van der Waals surface area contributed by atoms with Crippen LogP contribution < -0.4 is 5.73 Å². The normalized spacial score (nSPS) is 10.6. The number of hydrogen-bond donors (Lipinski definition) is 2. The molecule has 1 aromatic carbocycles. The number of rotatable bonds is 4. The monoisotopic (exact) mass is 254 g/mol. The minimum Gasteiger partial charge on any atom is -0.330 e. The first-order chi connectivity index (χ1) is 7.79. The molecule has 0 aliphatic heterocycles. The third-order valence-electron chi connectivity index (χ3n) is 2.05. The zero-order chi connectivity index (χ0) is 11.4. The first kappa shape index (κ1) is 11.4. The Balaban J connectivity index is 2.15. The van der Waals surface area contributed by atoms with Crippen molar-refractivity contribution >= 4 is 23.4 Å². The number of aromatic nitrogens is 3. The van der Waals surface area contributed by atoms with E-state index in [0.29, 0.717) is 6.54 Å². The third kappa shape index (κ3) is 2.75. The lowest BCUT2D eigenvalue weighted by atomic mass is 10.1. The van der Waals surface area contributed by atoms with E-state index in [1.54, 1.807) is 0 Å². The molecule has 0 saturated carbocycles. The fourth-order valence-electron chi connectivity index (χ4n) is 1.30. The number of halogens is 1. The maximum absolute atomic E-state index is 6.13. The van der Waals surface area contributed by atoms with Crippen molar-refractivity contribution in [3.05, 3.63) is 35.1 Å². The van der Waals surface area contributed by atoms with Crippen LogP contribution in [-0.2, 0) is 6.42 Å². The van der Waals surface area contributed by atoms with Crippen LogP contribution in [0.15, 0.2) is 34.6 Å². The predicted molar refractivity (Wildman–Crippen MR) is 64.7 cm³/mol. The van der Waals surface area contributed by atoms with Crippen LogP contribution in [0, 0.1) is 0 Å². The largest absolute Gasteiger partial charge is 0.330 e. The molecule has 0 radical (unpaired) electrons. The minimum absolute atomic E-state index is 0.605. The second-order valence-corrected chi connectivity index (χ2v) is 4.65. The molecule has 1 aromatic heterocycles. The number of aromatic amines is 1. The summed E-state index contributed by atoms with van der Waals surface area (Å²) in [5.41, 5.74) is 6.57. The lowest BCUT2D eigenvalue weighted by molar-refractivity contribution is 0.963. The van der Waals surface area contributed by atoms with Crippen LogP contribution in [-0.4, -0.2) is 21.7 Å². The lowest BCUT2D eigenvalue weighted by Gasteiger charge is -2.04. The van der Waals surface area contributed by atoms with Gasteiger partial charge < -0.3 is 5.73 Å². The fraction of sp³-hybridized carbons (Fsp3) is 0.200. The number of nitrogens with two attached hydrogens (primary N) is 1. The Morgan fingerprint density at radius 3 is 2.94 bits per heavy atom. The molecule has 16 heavy (non-hydrogen) atoms. The molecular weight excluding hydrogens is 244 g/mol. The van der Waals surface area contributed by atoms with E-state index in [0.717, 1.165) is 27.1 Å². The summed E-state index contributed by atoms with van der Waals surface area (Å²) in [7, 11) is 0. The van der Waals surface area contributed by atoms with E-state index in [1.807, 2.05) is 18.2 Å². The number of nitrogens with one attached hydrogen (secondary N) is 1. The Hall–Kier alpha value is -1.04. The van der Waals surface area contributed by atoms with Gasteiger partial charge in [0, 0.05) is 9.92 Å². The van der Waals surface area contributed by atoms with Crippen LogP contribution >= 0.6 is 23.4 Å². The molecule has 6 heteroatoms. The molecule has 0 aliphatic carbocycles. The average Bonchev–Trinajstić information content (AvgIpc) is 2.75. The van der Waals surface area contributed by atoms with Gasteiger partial charge in [0.05, 0.1) is 0 Å². The van der Waals surface area contributed by atoms with Crippen molar-refractivity contribution < 1.29 is 0 Å². The van der Waals surface area contributed by atoms with Gasteiger partial charge in [-0.3, -0.25) is 5.10 Å². The maximum Gasteiger partial charge on any atom is 0.188 e. The van der Waals surface area contributed by atoms with Crippen LogP contribution in [0.25, 0.3) is 0 Å².